The number of fused-ring (bicyclic) bond motifs is 1. The number of anilines is 3. The standard InChI is InChI=1S/C28H25N7O2S/c1-18(2)32-28-31-16-25(29-4)26(34-28)24-17-35(38(36,37)22-12-10-19(3)11-13-22)27-23(24)14-21(15-30-27)33-20-8-6-5-7-9-20/h5-18,33H,1-3H3,(H,31,32,34). The van der Waals surface area contributed by atoms with Crippen LogP contribution in [0.15, 0.2) is 84.1 Å². The van der Waals surface area contributed by atoms with Crippen molar-refractivity contribution in [3.63, 3.8) is 0 Å². The maximum Gasteiger partial charge on any atom is 0.269 e. The highest BCUT2D eigenvalue weighted by atomic mass is 32.2. The van der Waals surface area contributed by atoms with Crippen LogP contribution in [-0.2, 0) is 10.0 Å². The number of hydrogen-bond acceptors (Lipinski definition) is 7. The lowest BCUT2D eigenvalue weighted by Crippen LogP contribution is -2.13. The molecule has 0 saturated heterocycles. The van der Waals surface area contributed by atoms with Crippen molar-refractivity contribution in [2.24, 2.45) is 0 Å². The van der Waals surface area contributed by atoms with E-state index in [-0.39, 0.29) is 22.3 Å². The van der Waals surface area contributed by atoms with Gasteiger partial charge in [0.2, 0.25) is 11.6 Å². The molecule has 10 heteroatoms. The first kappa shape index (κ1) is 24.9. The molecule has 2 N–H and O–H groups in total. The van der Waals surface area contributed by atoms with E-state index in [1.807, 2.05) is 57.2 Å². The predicted molar refractivity (Wildman–Crippen MR) is 149 cm³/mol. The molecular formula is C28H25N7O2S. The fraction of sp³-hybridized carbons (Fsp3) is 0.143. The second-order valence-electron chi connectivity index (χ2n) is 9.08. The second kappa shape index (κ2) is 9.95. The summed E-state index contributed by atoms with van der Waals surface area (Å²) in [5, 5.41) is 6.98. The molecule has 2 aromatic carbocycles. The molecule has 0 fully saturated rings. The largest absolute Gasteiger partial charge is 0.354 e. The van der Waals surface area contributed by atoms with E-state index < -0.39 is 10.0 Å². The summed E-state index contributed by atoms with van der Waals surface area (Å²) in [4.78, 5) is 17.1. The third-order valence-corrected chi connectivity index (χ3v) is 7.48. The summed E-state index contributed by atoms with van der Waals surface area (Å²) in [5.74, 6) is 0.344. The molecule has 9 nitrogen and oxygen atoms in total. The molecule has 0 aliphatic rings. The lowest BCUT2D eigenvalue weighted by Gasteiger charge is -2.10. The Morgan fingerprint density at radius 3 is 2.39 bits per heavy atom. The highest BCUT2D eigenvalue weighted by Gasteiger charge is 2.25. The average Bonchev–Trinajstić information content (AvgIpc) is 3.29. The van der Waals surface area contributed by atoms with Gasteiger partial charge in [-0.25, -0.2) is 32.2 Å². The van der Waals surface area contributed by atoms with E-state index in [0.717, 1.165) is 15.2 Å². The first-order valence-corrected chi connectivity index (χ1v) is 13.4. The molecule has 0 bridgehead atoms. The SMILES string of the molecule is [C-]#[N+]c1cnc(NC(C)C)nc1-c1cn(S(=O)(=O)c2ccc(C)cc2)c2ncc(Nc3ccccc3)cc12. The van der Waals surface area contributed by atoms with Crippen LogP contribution >= 0.6 is 0 Å². The van der Waals surface area contributed by atoms with Crippen molar-refractivity contribution in [3.8, 4) is 11.3 Å². The summed E-state index contributed by atoms with van der Waals surface area (Å²) in [7, 11) is -3.99. The summed E-state index contributed by atoms with van der Waals surface area (Å²) >= 11 is 0. The molecule has 5 rings (SSSR count). The minimum absolute atomic E-state index is 0.0632. The molecular weight excluding hydrogens is 498 g/mol. The first-order chi connectivity index (χ1) is 18.3. The number of pyridine rings is 1. The monoisotopic (exact) mass is 523 g/mol. The maximum atomic E-state index is 13.7. The van der Waals surface area contributed by atoms with Crippen LogP contribution < -0.4 is 10.6 Å². The van der Waals surface area contributed by atoms with E-state index in [2.05, 4.69) is 30.4 Å². The Bertz CT molecular complexity index is 1770. The molecule has 0 radical (unpaired) electrons. The van der Waals surface area contributed by atoms with Gasteiger partial charge < -0.3 is 10.6 Å². The molecule has 0 aliphatic heterocycles. The quantitative estimate of drug-likeness (QED) is 0.246. The fourth-order valence-electron chi connectivity index (χ4n) is 4.01. The van der Waals surface area contributed by atoms with Gasteiger partial charge in [0.15, 0.2) is 5.65 Å². The van der Waals surface area contributed by atoms with Crippen molar-refractivity contribution in [1.82, 2.24) is 18.9 Å². The molecule has 190 valence electrons. The number of hydrogen-bond donors (Lipinski definition) is 2. The van der Waals surface area contributed by atoms with Crippen LogP contribution in [0.1, 0.15) is 19.4 Å². The molecule has 5 aromatic rings. The zero-order valence-electron chi connectivity index (χ0n) is 21.0. The Morgan fingerprint density at radius 1 is 0.974 bits per heavy atom. The molecule has 38 heavy (non-hydrogen) atoms. The third kappa shape index (κ3) is 4.79. The predicted octanol–water partition coefficient (Wildman–Crippen LogP) is 6.15. The Kier molecular flexibility index (Phi) is 6.53. The van der Waals surface area contributed by atoms with Crippen LogP contribution in [0.5, 0.6) is 0 Å². The molecule has 0 aliphatic carbocycles. The van der Waals surface area contributed by atoms with E-state index in [0.29, 0.717) is 28.3 Å². The van der Waals surface area contributed by atoms with Crippen LogP contribution in [-0.4, -0.2) is 33.4 Å². The number of aryl methyl sites for hydroxylation is 1. The van der Waals surface area contributed by atoms with Crippen LogP contribution in [0.2, 0.25) is 0 Å². The van der Waals surface area contributed by atoms with E-state index in [1.165, 1.54) is 12.4 Å². The topological polar surface area (TPSA) is 106 Å². The van der Waals surface area contributed by atoms with Gasteiger partial charge in [0, 0.05) is 35.1 Å². The molecule has 3 heterocycles. The molecule has 3 aromatic heterocycles. The summed E-state index contributed by atoms with van der Waals surface area (Å²) in [5.41, 5.74) is 3.67. The number of aromatic nitrogens is 4. The van der Waals surface area contributed by atoms with Gasteiger partial charge in [0.25, 0.3) is 10.0 Å². The van der Waals surface area contributed by atoms with Crippen molar-refractivity contribution in [1.29, 1.82) is 0 Å². The molecule has 0 atom stereocenters. The maximum absolute atomic E-state index is 13.7. The minimum Gasteiger partial charge on any atom is -0.354 e. The summed E-state index contributed by atoms with van der Waals surface area (Å²) in [6.07, 6.45) is 4.51. The smallest absolute Gasteiger partial charge is 0.269 e. The van der Waals surface area contributed by atoms with Crippen LogP contribution in [0.4, 0.5) is 23.0 Å². The van der Waals surface area contributed by atoms with Gasteiger partial charge in [-0.3, -0.25) is 0 Å². The van der Waals surface area contributed by atoms with Crippen LogP contribution in [0.3, 0.4) is 0 Å². The van der Waals surface area contributed by atoms with Crippen molar-refractivity contribution in [3.05, 3.63) is 96.2 Å². The third-order valence-electron chi connectivity index (χ3n) is 5.81. The molecule has 0 saturated carbocycles. The highest BCUT2D eigenvalue weighted by molar-refractivity contribution is 7.90. The Hall–Kier alpha value is -4.75. The van der Waals surface area contributed by atoms with Crippen molar-refractivity contribution < 1.29 is 8.42 Å². The van der Waals surface area contributed by atoms with Gasteiger partial charge in [-0.1, -0.05) is 35.9 Å². The summed E-state index contributed by atoms with van der Waals surface area (Å²) in [6, 6.07) is 18.1. The number of benzene rings is 2. The van der Waals surface area contributed by atoms with Crippen LogP contribution in [0, 0.1) is 13.5 Å². The van der Waals surface area contributed by atoms with E-state index in [1.54, 1.807) is 30.5 Å². The van der Waals surface area contributed by atoms with Crippen molar-refractivity contribution >= 4 is 44.1 Å². The zero-order chi connectivity index (χ0) is 26.9. The molecule has 0 unspecified atom stereocenters. The number of para-hydroxylation sites is 1. The Labute approximate surface area is 221 Å². The Morgan fingerprint density at radius 2 is 1.71 bits per heavy atom. The lowest BCUT2D eigenvalue weighted by molar-refractivity contribution is 0.589. The number of rotatable bonds is 7. The molecule has 0 amide bonds. The highest BCUT2D eigenvalue weighted by Crippen LogP contribution is 2.37. The fourth-order valence-corrected chi connectivity index (χ4v) is 5.34. The van der Waals surface area contributed by atoms with E-state index in [4.69, 9.17) is 6.57 Å². The number of nitrogens with one attached hydrogen (secondary N) is 2. The van der Waals surface area contributed by atoms with Gasteiger partial charge in [-0.05, 0) is 51.1 Å². The first-order valence-electron chi connectivity index (χ1n) is 11.9. The second-order valence-corrected chi connectivity index (χ2v) is 10.9. The zero-order valence-corrected chi connectivity index (χ0v) is 21.9. The summed E-state index contributed by atoms with van der Waals surface area (Å²) < 4.78 is 28.6. The number of nitrogens with zero attached hydrogens (tertiary/aromatic N) is 5. The van der Waals surface area contributed by atoms with Crippen molar-refractivity contribution in [2.45, 2.75) is 31.7 Å². The van der Waals surface area contributed by atoms with Gasteiger partial charge in [0.1, 0.15) is 0 Å². The summed E-state index contributed by atoms with van der Waals surface area (Å²) in [6.45, 7) is 13.5. The lowest BCUT2D eigenvalue weighted by atomic mass is 10.1. The molecule has 0 spiro atoms. The van der Waals surface area contributed by atoms with Gasteiger partial charge in [-0.2, -0.15) is 0 Å². The Balaban J connectivity index is 1.75. The average molecular weight is 524 g/mol. The van der Waals surface area contributed by atoms with E-state index in [9.17, 15) is 8.42 Å². The van der Waals surface area contributed by atoms with Gasteiger partial charge >= 0.3 is 0 Å². The van der Waals surface area contributed by atoms with Crippen molar-refractivity contribution in [2.75, 3.05) is 10.6 Å². The van der Waals surface area contributed by atoms with E-state index >= 15 is 0 Å². The normalized spacial score (nSPS) is 11.4. The minimum atomic E-state index is -3.99. The van der Waals surface area contributed by atoms with Gasteiger partial charge in [0.05, 0.1) is 29.0 Å². The van der Waals surface area contributed by atoms with Gasteiger partial charge in [-0.15, -0.1) is 0 Å². The van der Waals surface area contributed by atoms with Crippen LogP contribution in [0.25, 0.3) is 27.1 Å².